The van der Waals surface area contributed by atoms with Crippen molar-refractivity contribution >= 4 is 0 Å². The summed E-state index contributed by atoms with van der Waals surface area (Å²) in [5, 5.41) is 7.41. The molecule has 0 radical (unpaired) electrons. The van der Waals surface area contributed by atoms with Gasteiger partial charge >= 0.3 is 0 Å². The van der Waals surface area contributed by atoms with E-state index in [-0.39, 0.29) is 6.04 Å². The number of aromatic nitrogens is 3. The second-order valence-electron chi connectivity index (χ2n) is 4.74. The molecule has 94 valence electrons. The van der Waals surface area contributed by atoms with Crippen LogP contribution in [-0.4, -0.2) is 21.7 Å². The normalized spacial score (nSPS) is 19.3. The third-order valence-electron chi connectivity index (χ3n) is 3.14. The number of nitrogens with one attached hydrogen (secondary N) is 1. The monoisotopic (exact) mass is 244 g/mol. The van der Waals surface area contributed by atoms with Crippen LogP contribution in [0.1, 0.15) is 36.2 Å². The van der Waals surface area contributed by atoms with Crippen LogP contribution in [0.2, 0.25) is 0 Å². The van der Waals surface area contributed by atoms with Gasteiger partial charge in [0, 0.05) is 17.0 Å². The van der Waals surface area contributed by atoms with E-state index >= 15 is 0 Å². The molecule has 0 aromatic carbocycles. The highest BCUT2D eigenvalue weighted by molar-refractivity contribution is 5.55. The van der Waals surface area contributed by atoms with Crippen LogP contribution >= 0.6 is 0 Å². The second kappa shape index (κ2) is 4.49. The molecule has 1 N–H and O–H groups in total. The van der Waals surface area contributed by atoms with Gasteiger partial charge in [0.1, 0.15) is 0 Å². The topological polar surface area (TPSA) is 63.8 Å². The average Bonchev–Trinajstić information content (AvgIpc) is 2.99. The van der Waals surface area contributed by atoms with Crippen LogP contribution in [-0.2, 0) is 0 Å². The summed E-state index contributed by atoms with van der Waals surface area (Å²) >= 11 is 0. The highest BCUT2D eigenvalue weighted by Crippen LogP contribution is 2.24. The van der Waals surface area contributed by atoms with Crippen molar-refractivity contribution in [1.82, 2.24) is 20.4 Å². The Morgan fingerprint density at radius 1 is 1.22 bits per heavy atom. The molecule has 1 aliphatic rings. The smallest absolute Gasteiger partial charge is 0.244 e. The van der Waals surface area contributed by atoms with Crippen LogP contribution in [0.3, 0.4) is 0 Å². The van der Waals surface area contributed by atoms with Gasteiger partial charge < -0.3 is 9.84 Å². The van der Waals surface area contributed by atoms with Gasteiger partial charge in [0.15, 0.2) is 0 Å². The van der Waals surface area contributed by atoms with E-state index in [1.165, 1.54) is 0 Å². The highest BCUT2D eigenvalue weighted by Gasteiger charge is 2.22. The molecule has 0 amide bonds. The Labute approximate surface area is 106 Å². The van der Waals surface area contributed by atoms with E-state index in [1.54, 1.807) is 0 Å². The van der Waals surface area contributed by atoms with Crippen LogP contribution in [0.15, 0.2) is 16.7 Å². The van der Waals surface area contributed by atoms with E-state index < -0.39 is 0 Å². The minimum absolute atomic E-state index is 0.218. The highest BCUT2D eigenvalue weighted by atomic mass is 16.5. The van der Waals surface area contributed by atoms with Gasteiger partial charge in [0.2, 0.25) is 11.7 Å². The van der Waals surface area contributed by atoms with E-state index in [0.717, 1.165) is 36.3 Å². The molecular formula is C13H16N4O. The van der Waals surface area contributed by atoms with Crippen LogP contribution in [0, 0.1) is 13.8 Å². The number of rotatable bonds is 2. The molecule has 18 heavy (non-hydrogen) atoms. The third-order valence-corrected chi connectivity index (χ3v) is 3.14. The SMILES string of the molecule is Cc1cc(-c2noc([C@H]3CCCN3)n2)cc(C)n1. The lowest BCUT2D eigenvalue weighted by molar-refractivity contribution is 0.345. The van der Waals surface area contributed by atoms with Gasteiger partial charge in [-0.3, -0.25) is 4.98 Å². The molecule has 5 heteroatoms. The van der Waals surface area contributed by atoms with Gasteiger partial charge in [-0.1, -0.05) is 5.16 Å². The summed E-state index contributed by atoms with van der Waals surface area (Å²) in [5.74, 6) is 1.34. The molecule has 1 fully saturated rings. The molecule has 1 aliphatic heterocycles. The number of nitrogens with zero attached hydrogens (tertiary/aromatic N) is 3. The summed E-state index contributed by atoms with van der Waals surface area (Å²) in [5.41, 5.74) is 2.90. The molecule has 1 saturated heterocycles. The molecule has 0 unspecified atom stereocenters. The molecule has 5 nitrogen and oxygen atoms in total. The number of hydrogen-bond acceptors (Lipinski definition) is 5. The minimum atomic E-state index is 0.218. The summed E-state index contributed by atoms with van der Waals surface area (Å²) in [6.45, 7) is 4.96. The van der Waals surface area contributed by atoms with E-state index in [2.05, 4.69) is 20.4 Å². The largest absolute Gasteiger partial charge is 0.337 e. The zero-order valence-corrected chi connectivity index (χ0v) is 10.6. The zero-order chi connectivity index (χ0) is 12.5. The predicted octanol–water partition coefficient (Wildman–Crippen LogP) is 2.17. The Morgan fingerprint density at radius 2 is 2.00 bits per heavy atom. The maximum Gasteiger partial charge on any atom is 0.244 e. The van der Waals surface area contributed by atoms with Gasteiger partial charge in [0.05, 0.1) is 6.04 Å². The van der Waals surface area contributed by atoms with Crippen molar-refractivity contribution in [2.75, 3.05) is 6.54 Å². The second-order valence-corrected chi connectivity index (χ2v) is 4.74. The fourth-order valence-corrected chi connectivity index (χ4v) is 2.35. The molecule has 2 aromatic rings. The van der Waals surface area contributed by atoms with Gasteiger partial charge in [-0.15, -0.1) is 0 Å². The molecule has 0 aliphatic carbocycles. The van der Waals surface area contributed by atoms with Crippen LogP contribution < -0.4 is 5.32 Å². The van der Waals surface area contributed by atoms with Gasteiger partial charge in [-0.2, -0.15) is 4.98 Å². The lowest BCUT2D eigenvalue weighted by Crippen LogP contribution is -2.12. The van der Waals surface area contributed by atoms with Crippen molar-refractivity contribution in [2.24, 2.45) is 0 Å². The summed E-state index contributed by atoms with van der Waals surface area (Å²) in [6, 6.07) is 4.17. The average molecular weight is 244 g/mol. The number of hydrogen-bond donors (Lipinski definition) is 1. The molecule has 0 saturated carbocycles. The number of aryl methyl sites for hydroxylation is 2. The fourth-order valence-electron chi connectivity index (χ4n) is 2.35. The van der Waals surface area contributed by atoms with Crippen molar-refractivity contribution in [3.63, 3.8) is 0 Å². The Morgan fingerprint density at radius 3 is 2.67 bits per heavy atom. The van der Waals surface area contributed by atoms with Crippen molar-refractivity contribution in [3.8, 4) is 11.4 Å². The first-order chi connectivity index (χ1) is 8.72. The molecule has 2 aromatic heterocycles. The zero-order valence-electron chi connectivity index (χ0n) is 10.6. The Hall–Kier alpha value is -1.75. The van der Waals surface area contributed by atoms with Crippen LogP contribution in [0.5, 0.6) is 0 Å². The van der Waals surface area contributed by atoms with Crippen molar-refractivity contribution in [3.05, 3.63) is 29.4 Å². The Kier molecular flexibility index (Phi) is 2.83. The third kappa shape index (κ3) is 2.13. The first kappa shape index (κ1) is 11.3. The Bertz CT molecular complexity index is 538. The van der Waals surface area contributed by atoms with Gasteiger partial charge in [0.25, 0.3) is 0 Å². The maximum absolute atomic E-state index is 5.34. The summed E-state index contributed by atoms with van der Waals surface area (Å²) < 4.78 is 5.34. The standard InChI is InChI=1S/C13H16N4O/c1-8-6-10(7-9(2)15-8)12-16-13(18-17-12)11-4-3-5-14-11/h6-7,11,14H,3-5H2,1-2H3/t11-/m1/s1. The predicted molar refractivity (Wildman–Crippen MR) is 67.0 cm³/mol. The van der Waals surface area contributed by atoms with Crippen LogP contribution in [0.25, 0.3) is 11.4 Å². The first-order valence-corrected chi connectivity index (χ1v) is 6.25. The number of pyridine rings is 1. The lowest BCUT2D eigenvalue weighted by atomic mass is 10.2. The van der Waals surface area contributed by atoms with E-state index in [1.807, 2.05) is 26.0 Å². The molecular weight excluding hydrogens is 228 g/mol. The van der Waals surface area contributed by atoms with E-state index in [4.69, 9.17) is 4.52 Å². The van der Waals surface area contributed by atoms with Crippen LogP contribution in [0.4, 0.5) is 0 Å². The lowest BCUT2D eigenvalue weighted by Gasteiger charge is -2.01. The molecule has 0 spiro atoms. The quantitative estimate of drug-likeness (QED) is 0.877. The van der Waals surface area contributed by atoms with Gasteiger partial charge in [-0.25, -0.2) is 0 Å². The van der Waals surface area contributed by atoms with Crippen molar-refractivity contribution < 1.29 is 4.52 Å². The van der Waals surface area contributed by atoms with Crippen molar-refractivity contribution in [2.45, 2.75) is 32.7 Å². The van der Waals surface area contributed by atoms with Crippen molar-refractivity contribution in [1.29, 1.82) is 0 Å². The minimum Gasteiger partial charge on any atom is -0.337 e. The maximum atomic E-state index is 5.34. The molecule has 3 heterocycles. The molecule has 3 rings (SSSR count). The summed E-state index contributed by atoms with van der Waals surface area (Å²) in [4.78, 5) is 8.82. The molecule has 0 bridgehead atoms. The summed E-state index contributed by atoms with van der Waals surface area (Å²) in [7, 11) is 0. The van der Waals surface area contributed by atoms with E-state index in [9.17, 15) is 0 Å². The fraction of sp³-hybridized carbons (Fsp3) is 0.462. The van der Waals surface area contributed by atoms with Gasteiger partial charge in [-0.05, 0) is 45.4 Å². The summed E-state index contributed by atoms with van der Waals surface area (Å²) in [6.07, 6.45) is 2.23. The molecule has 1 atom stereocenters. The first-order valence-electron chi connectivity index (χ1n) is 6.25. The Balaban J connectivity index is 1.92. The van der Waals surface area contributed by atoms with E-state index in [0.29, 0.717) is 11.7 Å².